The SMILES string of the molecule is CN(Cc1cnon1)C1CN(c2ccc(C(C)(C)C)nn2)C1. The van der Waals surface area contributed by atoms with Gasteiger partial charge in [-0.25, -0.2) is 4.63 Å². The van der Waals surface area contributed by atoms with Gasteiger partial charge in [-0.1, -0.05) is 31.1 Å². The third kappa shape index (κ3) is 3.09. The predicted octanol–water partition coefficient (Wildman–Crippen LogP) is 1.48. The summed E-state index contributed by atoms with van der Waals surface area (Å²) in [4.78, 5) is 4.49. The molecule has 118 valence electrons. The van der Waals surface area contributed by atoms with Gasteiger partial charge in [0, 0.05) is 31.1 Å². The Morgan fingerprint density at radius 3 is 2.59 bits per heavy atom. The number of likely N-dealkylation sites (N-methyl/N-ethyl adjacent to an activating group) is 1. The van der Waals surface area contributed by atoms with Crippen molar-refractivity contribution in [1.82, 2.24) is 25.4 Å². The van der Waals surface area contributed by atoms with Crippen LogP contribution in [0, 0.1) is 0 Å². The van der Waals surface area contributed by atoms with Crippen LogP contribution in [0.1, 0.15) is 32.2 Å². The first-order valence-corrected chi connectivity index (χ1v) is 7.49. The van der Waals surface area contributed by atoms with Gasteiger partial charge < -0.3 is 4.90 Å². The van der Waals surface area contributed by atoms with Gasteiger partial charge >= 0.3 is 0 Å². The number of anilines is 1. The number of nitrogens with zero attached hydrogens (tertiary/aromatic N) is 6. The fraction of sp³-hybridized carbons (Fsp3) is 0.600. The van der Waals surface area contributed by atoms with Gasteiger partial charge in [0.05, 0.1) is 11.9 Å². The molecule has 0 saturated carbocycles. The standard InChI is InChI=1S/C15H22N6O/c1-15(2,3)13-5-6-14(18-17-13)21-9-12(10-21)20(4)8-11-7-16-22-19-11/h5-7,12H,8-10H2,1-4H3. The molecule has 0 unspecified atom stereocenters. The van der Waals surface area contributed by atoms with E-state index in [-0.39, 0.29) is 5.41 Å². The normalized spacial score (nSPS) is 16.1. The summed E-state index contributed by atoms with van der Waals surface area (Å²) in [5.41, 5.74) is 1.91. The molecule has 1 saturated heterocycles. The smallest absolute Gasteiger partial charge is 0.151 e. The van der Waals surface area contributed by atoms with Crippen molar-refractivity contribution in [3.8, 4) is 0 Å². The highest BCUT2D eigenvalue weighted by Crippen LogP contribution is 2.24. The van der Waals surface area contributed by atoms with Crippen LogP contribution in [0.15, 0.2) is 23.0 Å². The lowest BCUT2D eigenvalue weighted by Crippen LogP contribution is -2.58. The first kappa shape index (κ1) is 14.9. The zero-order valence-electron chi connectivity index (χ0n) is 13.5. The van der Waals surface area contributed by atoms with E-state index < -0.39 is 0 Å². The average molecular weight is 302 g/mol. The van der Waals surface area contributed by atoms with Gasteiger partial charge in [-0.05, 0) is 19.2 Å². The highest BCUT2D eigenvalue weighted by atomic mass is 16.6. The molecule has 0 aromatic carbocycles. The lowest BCUT2D eigenvalue weighted by atomic mass is 9.92. The zero-order valence-corrected chi connectivity index (χ0v) is 13.5. The summed E-state index contributed by atoms with van der Waals surface area (Å²) in [5, 5.41) is 16.2. The molecule has 2 aromatic rings. The average Bonchev–Trinajstić information content (AvgIpc) is 2.89. The minimum Gasteiger partial charge on any atom is -0.352 e. The van der Waals surface area contributed by atoms with Gasteiger partial charge in [0.25, 0.3) is 0 Å². The first-order chi connectivity index (χ1) is 10.4. The molecular weight excluding hydrogens is 280 g/mol. The summed E-state index contributed by atoms with van der Waals surface area (Å²) in [6, 6.07) is 4.62. The molecule has 3 heterocycles. The number of hydrogen-bond donors (Lipinski definition) is 0. The van der Waals surface area contributed by atoms with E-state index in [1.807, 2.05) is 0 Å². The van der Waals surface area contributed by atoms with E-state index in [1.54, 1.807) is 6.20 Å². The molecule has 7 heteroatoms. The van der Waals surface area contributed by atoms with Crippen LogP contribution in [-0.2, 0) is 12.0 Å². The van der Waals surface area contributed by atoms with E-state index in [2.05, 4.69) is 74.9 Å². The van der Waals surface area contributed by atoms with Crippen molar-refractivity contribution < 1.29 is 4.63 Å². The molecule has 7 nitrogen and oxygen atoms in total. The van der Waals surface area contributed by atoms with Crippen molar-refractivity contribution in [1.29, 1.82) is 0 Å². The van der Waals surface area contributed by atoms with Crippen LogP contribution in [0.3, 0.4) is 0 Å². The topological polar surface area (TPSA) is 71.2 Å². The van der Waals surface area contributed by atoms with Gasteiger partial charge in [0.15, 0.2) is 5.82 Å². The second kappa shape index (κ2) is 5.64. The Balaban J connectivity index is 1.54. The predicted molar refractivity (Wildman–Crippen MR) is 82.5 cm³/mol. The van der Waals surface area contributed by atoms with Gasteiger partial charge in [-0.3, -0.25) is 4.90 Å². The van der Waals surface area contributed by atoms with Crippen molar-refractivity contribution >= 4 is 5.82 Å². The molecule has 0 aliphatic carbocycles. The number of aromatic nitrogens is 4. The molecule has 0 radical (unpaired) electrons. The third-order valence-electron chi connectivity index (χ3n) is 4.05. The number of hydrogen-bond acceptors (Lipinski definition) is 7. The van der Waals surface area contributed by atoms with Crippen LogP contribution in [0.4, 0.5) is 5.82 Å². The molecule has 0 spiro atoms. The molecule has 2 aromatic heterocycles. The van der Waals surface area contributed by atoms with Crippen molar-refractivity contribution in [3.05, 3.63) is 29.7 Å². The highest BCUT2D eigenvalue weighted by Gasteiger charge is 2.31. The number of rotatable bonds is 4. The summed E-state index contributed by atoms with van der Waals surface area (Å²) in [6.07, 6.45) is 1.66. The molecule has 1 fully saturated rings. The lowest BCUT2D eigenvalue weighted by molar-refractivity contribution is 0.190. The first-order valence-electron chi connectivity index (χ1n) is 7.49. The summed E-state index contributed by atoms with van der Waals surface area (Å²) < 4.78 is 4.62. The monoisotopic (exact) mass is 302 g/mol. The van der Waals surface area contributed by atoms with E-state index in [9.17, 15) is 0 Å². The van der Waals surface area contributed by atoms with Crippen molar-refractivity contribution in [2.24, 2.45) is 0 Å². The van der Waals surface area contributed by atoms with Gasteiger partial charge in [0.1, 0.15) is 5.69 Å². The third-order valence-corrected chi connectivity index (χ3v) is 4.05. The maximum absolute atomic E-state index is 4.62. The molecule has 22 heavy (non-hydrogen) atoms. The molecule has 3 rings (SSSR count). The van der Waals surface area contributed by atoms with E-state index in [0.717, 1.165) is 36.8 Å². The van der Waals surface area contributed by atoms with Crippen LogP contribution in [-0.4, -0.2) is 51.6 Å². The van der Waals surface area contributed by atoms with E-state index in [0.29, 0.717) is 6.04 Å². The maximum atomic E-state index is 4.62. The van der Waals surface area contributed by atoms with E-state index >= 15 is 0 Å². The Labute approximate surface area is 130 Å². The lowest BCUT2D eigenvalue weighted by Gasteiger charge is -2.44. The summed E-state index contributed by atoms with van der Waals surface area (Å²) in [5.74, 6) is 0.945. The molecular formula is C15H22N6O. The fourth-order valence-corrected chi connectivity index (χ4v) is 2.45. The Morgan fingerprint density at radius 2 is 2.05 bits per heavy atom. The summed E-state index contributed by atoms with van der Waals surface area (Å²) >= 11 is 0. The Hall–Kier alpha value is -2.02. The molecule has 1 aliphatic heterocycles. The fourth-order valence-electron chi connectivity index (χ4n) is 2.45. The Morgan fingerprint density at radius 1 is 1.27 bits per heavy atom. The Bertz CT molecular complexity index is 598. The maximum Gasteiger partial charge on any atom is 0.151 e. The Kier molecular flexibility index (Phi) is 3.82. The van der Waals surface area contributed by atoms with E-state index in [1.165, 1.54) is 0 Å². The highest BCUT2D eigenvalue weighted by molar-refractivity contribution is 5.42. The zero-order chi connectivity index (χ0) is 15.7. The van der Waals surface area contributed by atoms with Gasteiger partial charge in [-0.15, -0.1) is 5.10 Å². The van der Waals surface area contributed by atoms with Crippen LogP contribution < -0.4 is 4.90 Å². The van der Waals surface area contributed by atoms with Crippen LogP contribution in [0.5, 0.6) is 0 Å². The van der Waals surface area contributed by atoms with Crippen molar-refractivity contribution in [2.75, 3.05) is 25.0 Å². The van der Waals surface area contributed by atoms with Gasteiger partial charge in [-0.2, -0.15) is 5.10 Å². The van der Waals surface area contributed by atoms with Crippen molar-refractivity contribution in [3.63, 3.8) is 0 Å². The quantitative estimate of drug-likeness (QED) is 0.847. The molecule has 0 amide bonds. The minimum atomic E-state index is 0.0366. The minimum absolute atomic E-state index is 0.0366. The largest absolute Gasteiger partial charge is 0.352 e. The van der Waals surface area contributed by atoms with Crippen molar-refractivity contribution in [2.45, 2.75) is 38.8 Å². The van der Waals surface area contributed by atoms with Gasteiger partial charge in [0.2, 0.25) is 0 Å². The second-order valence-electron chi connectivity index (χ2n) is 6.90. The van der Waals surface area contributed by atoms with Crippen LogP contribution >= 0.6 is 0 Å². The molecule has 0 atom stereocenters. The van der Waals surface area contributed by atoms with E-state index in [4.69, 9.17) is 0 Å². The molecule has 0 bridgehead atoms. The molecule has 1 aliphatic rings. The second-order valence-corrected chi connectivity index (χ2v) is 6.90. The summed E-state index contributed by atoms with van der Waals surface area (Å²) in [6.45, 7) is 9.07. The van der Waals surface area contributed by atoms with Crippen LogP contribution in [0.2, 0.25) is 0 Å². The molecule has 0 N–H and O–H groups in total. The van der Waals surface area contributed by atoms with Crippen LogP contribution in [0.25, 0.3) is 0 Å². The summed E-state index contributed by atoms with van der Waals surface area (Å²) in [7, 11) is 2.09.